The molecule has 0 radical (unpaired) electrons. The molecule has 0 atom stereocenters. The molecule has 6 nitrogen and oxygen atoms in total. The summed E-state index contributed by atoms with van der Waals surface area (Å²) >= 11 is 0. The number of sulfonamides is 1. The molecule has 0 saturated heterocycles. The van der Waals surface area contributed by atoms with Gasteiger partial charge in [0.15, 0.2) is 0 Å². The van der Waals surface area contributed by atoms with E-state index in [9.17, 15) is 22.0 Å². The highest BCUT2D eigenvalue weighted by Crippen LogP contribution is 2.28. The molecule has 0 fully saturated rings. The van der Waals surface area contributed by atoms with E-state index in [0.717, 1.165) is 4.31 Å². The largest absolute Gasteiger partial charge is 0.434 e. The SMILES string of the molecule is Cc1c(NC(=O)c2cccc(S(=O)(=O)N(C)c3ccccc3)c2)cccc1OC(F)F. The first-order valence-corrected chi connectivity index (χ1v) is 10.6. The Bertz CT molecular complexity index is 1190. The Morgan fingerprint density at radius 3 is 2.35 bits per heavy atom. The van der Waals surface area contributed by atoms with Crippen LogP contribution in [-0.4, -0.2) is 28.0 Å². The van der Waals surface area contributed by atoms with Crippen molar-refractivity contribution in [2.24, 2.45) is 0 Å². The maximum absolute atomic E-state index is 13.0. The molecule has 0 spiro atoms. The Morgan fingerprint density at radius 1 is 1.00 bits per heavy atom. The minimum Gasteiger partial charge on any atom is -0.434 e. The van der Waals surface area contributed by atoms with Crippen molar-refractivity contribution >= 4 is 27.3 Å². The average molecular weight is 446 g/mol. The van der Waals surface area contributed by atoms with Crippen molar-refractivity contribution in [2.45, 2.75) is 18.4 Å². The molecule has 0 aliphatic heterocycles. The summed E-state index contributed by atoms with van der Waals surface area (Å²) in [6.07, 6.45) is 0. The zero-order valence-electron chi connectivity index (χ0n) is 16.7. The third kappa shape index (κ3) is 5.00. The molecule has 3 aromatic rings. The molecule has 0 heterocycles. The number of nitrogens with zero attached hydrogens (tertiary/aromatic N) is 1. The molecule has 31 heavy (non-hydrogen) atoms. The number of alkyl halides is 2. The van der Waals surface area contributed by atoms with Crippen molar-refractivity contribution in [1.29, 1.82) is 0 Å². The number of rotatable bonds is 7. The van der Waals surface area contributed by atoms with Crippen LogP contribution < -0.4 is 14.4 Å². The van der Waals surface area contributed by atoms with Crippen LogP contribution in [0.1, 0.15) is 15.9 Å². The third-order valence-corrected chi connectivity index (χ3v) is 6.40. The lowest BCUT2D eigenvalue weighted by Crippen LogP contribution is -2.26. The number of benzene rings is 3. The van der Waals surface area contributed by atoms with Crippen LogP contribution >= 0.6 is 0 Å². The quantitative estimate of drug-likeness (QED) is 0.572. The predicted molar refractivity (Wildman–Crippen MR) is 114 cm³/mol. The summed E-state index contributed by atoms with van der Waals surface area (Å²) in [6.45, 7) is -1.46. The van der Waals surface area contributed by atoms with Gasteiger partial charge in [0.05, 0.1) is 10.6 Å². The van der Waals surface area contributed by atoms with Crippen LogP contribution in [0.4, 0.5) is 20.2 Å². The molecular formula is C22H20F2N2O4S. The molecule has 3 aromatic carbocycles. The van der Waals surface area contributed by atoms with E-state index in [1.165, 1.54) is 56.4 Å². The Balaban J connectivity index is 1.86. The Kier molecular flexibility index (Phi) is 6.55. The number of hydrogen-bond acceptors (Lipinski definition) is 4. The number of para-hydroxylation sites is 1. The molecule has 0 bridgehead atoms. The lowest BCUT2D eigenvalue weighted by molar-refractivity contribution is -0.0502. The van der Waals surface area contributed by atoms with Gasteiger partial charge in [-0.1, -0.05) is 30.3 Å². The Labute approximate surface area is 179 Å². The minimum atomic E-state index is -3.90. The molecule has 1 amide bonds. The summed E-state index contributed by atoms with van der Waals surface area (Å²) in [4.78, 5) is 12.7. The van der Waals surface area contributed by atoms with Crippen LogP contribution in [0.25, 0.3) is 0 Å². The number of carbonyl (C=O) groups is 1. The van der Waals surface area contributed by atoms with Crippen LogP contribution in [-0.2, 0) is 10.0 Å². The molecule has 0 aliphatic carbocycles. The Morgan fingerprint density at radius 2 is 1.68 bits per heavy atom. The molecule has 0 aliphatic rings. The van der Waals surface area contributed by atoms with Gasteiger partial charge in [-0.15, -0.1) is 0 Å². The minimum absolute atomic E-state index is 0.0574. The lowest BCUT2D eigenvalue weighted by Gasteiger charge is -2.19. The van der Waals surface area contributed by atoms with E-state index in [4.69, 9.17) is 0 Å². The Hall–Kier alpha value is -3.46. The van der Waals surface area contributed by atoms with Gasteiger partial charge in [0, 0.05) is 23.9 Å². The van der Waals surface area contributed by atoms with E-state index in [2.05, 4.69) is 10.1 Å². The van der Waals surface area contributed by atoms with Gasteiger partial charge in [-0.05, 0) is 49.4 Å². The maximum atomic E-state index is 13.0. The maximum Gasteiger partial charge on any atom is 0.387 e. The second kappa shape index (κ2) is 9.13. The number of hydrogen-bond donors (Lipinski definition) is 1. The number of ether oxygens (including phenoxy) is 1. The van der Waals surface area contributed by atoms with Crippen molar-refractivity contribution in [3.8, 4) is 5.75 Å². The van der Waals surface area contributed by atoms with E-state index in [0.29, 0.717) is 11.3 Å². The summed E-state index contributed by atoms with van der Waals surface area (Å²) in [5.41, 5.74) is 1.17. The van der Waals surface area contributed by atoms with Crippen molar-refractivity contribution in [1.82, 2.24) is 0 Å². The standard InChI is InChI=1S/C22H20F2N2O4S/c1-15-19(12-7-13-20(15)30-22(23)24)25-21(27)16-8-6-11-18(14-16)31(28,29)26(2)17-9-4-3-5-10-17/h3-14,22H,1-2H3,(H,25,27). The van der Waals surface area contributed by atoms with Crippen LogP contribution in [0.15, 0.2) is 77.7 Å². The summed E-state index contributed by atoms with van der Waals surface area (Å²) in [5, 5.41) is 2.61. The monoisotopic (exact) mass is 446 g/mol. The van der Waals surface area contributed by atoms with Gasteiger partial charge in [-0.3, -0.25) is 9.10 Å². The number of halogens is 2. The van der Waals surface area contributed by atoms with Crippen LogP contribution in [0, 0.1) is 6.92 Å². The fraction of sp³-hybridized carbons (Fsp3) is 0.136. The van der Waals surface area contributed by atoms with Gasteiger partial charge >= 0.3 is 6.61 Å². The normalized spacial score (nSPS) is 11.3. The molecule has 0 unspecified atom stereocenters. The number of carbonyl (C=O) groups excluding carboxylic acids is 1. The summed E-state index contributed by atoms with van der Waals surface area (Å²) in [5.74, 6) is -0.648. The smallest absolute Gasteiger partial charge is 0.387 e. The summed E-state index contributed by atoms with van der Waals surface area (Å²) in [7, 11) is -2.47. The van der Waals surface area contributed by atoms with Crippen molar-refractivity contribution < 1.29 is 26.7 Å². The van der Waals surface area contributed by atoms with Crippen LogP contribution in [0.3, 0.4) is 0 Å². The van der Waals surface area contributed by atoms with Crippen LogP contribution in [0.5, 0.6) is 5.75 Å². The average Bonchev–Trinajstić information content (AvgIpc) is 2.76. The number of nitrogens with one attached hydrogen (secondary N) is 1. The molecule has 3 rings (SSSR count). The van der Waals surface area contributed by atoms with Crippen molar-refractivity contribution in [3.05, 3.63) is 83.9 Å². The number of anilines is 2. The fourth-order valence-electron chi connectivity index (χ4n) is 2.90. The van der Waals surface area contributed by atoms with Crippen LogP contribution in [0.2, 0.25) is 0 Å². The molecule has 0 aromatic heterocycles. The highest BCUT2D eigenvalue weighted by Gasteiger charge is 2.22. The summed E-state index contributed by atoms with van der Waals surface area (Å²) in [6, 6.07) is 18.5. The van der Waals surface area contributed by atoms with Crippen molar-refractivity contribution in [3.63, 3.8) is 0 Å². The van der Waals surface area contributed by atoms with E-state index in [1.807, 2.05) is 0 Å². The van der Waals surface area contributed by atoms with Crippen molar-refractivity contribution in [2.75, 3.05) is 16.7 Å². The molecule has 9 heteroatoms. The van der Waals surface area contributed by atoms with Gasteiger partial charge in [0.2, 0.25) is 0 Å². The molecule has 1 N–H and O–H groups in total. The first kappa shape index (κ1) is 22.2. The van der Waals surface area contributed by atoms with E-state index >= 15 is 0 Å². The summed E-state index contributed by atoms with van der Waals surface area (Å²) < 4.78 is 56.6. The number of amides is 1. The lowest BCUT2D eigenvalue weighted by atomic mass is 10.1. The highest BCUT2D eigenvalue weighted by atomic mass is 32.2. The zero-order valence-corrected chi connectivity index (χ0v) is 17.6. The van der Waals surface area contributed by atoms with Gasteiger partial charge in [0.1, 0.15) is 5.75 Å². The van der Waals surface area contributed by atoms with Gasteiger partial charge in [-0.2, -0.15) is 8.78 Å². The second-order valence-electron chi connectivity index (χ2n) is 6.60. The van der Waals surface area contributed by atoms with Gasteiger partial charge in [0.25, 0.3) is 15.9 Å². The van der Waals surface area contributed by atoms with Gasteiger partial charge in [-0.25, -0.2) is 8.42 Å². The van der Waals surface area contributed by atoms with E-state index in [1.54, 1.807) is 30.3 Å². The third-order valence-electron chi connectivity index (χ3n) is 4.62. The molecule has 0 saturated carbocycles. The second-order valence-corrected chi connectivity index (χ2v) is 8.57. The molecule has 162 valence electrons. The van der Waals surface area contributed by atoms with Gasteiger partial charge < -0.3 is 10.1 Å². The first-order valence-electron chi connectivity index (χ1n) is 9.20. The first-order chi connectivity index (χ1) is 14.7. The fourth-order valence-corrected chi connectivity index (χ4v) is 4.14. The molecular weight excluding hydrogens is 426 g/mol. The highest BCUT2D eigenvalue weighted by molar-refractivity contribution is 7.92. The zero-order chi connectivity index (χ0) is 22.6. The van der Waals surface area contributed by atoms with E-state index < -0.39 is 22.5 Å². The topological polar surface area (TPSA) is 75.7 Å². The van der Waals surface area contributed by atoms with E-state index in [-0.39, 0.29) is 21.9 Å². The predicted octanol–water partition coefficient (Wildman–Crippen LogP) is 4.67.